The molecule has 3 rings (SSSR count). The summed E-state index contributed by atoms with van der Waals surface area (Å²) in [7, 11) is 0. The Morgan fingerprint density at radius 1 is 1.10 bits per heavy atom. The molecule has 104 valence electrons. The van der Waals surface area contributed by atoms with E-state index in [-0.39, 0.29) is 11.6 Å². The zero-order valence-electron chi connectivity index (χ0n) is 10.7. The molecule has 1 aliphatic rings. The second-order valence-corrected chi connectivity index (χ2v) is 6.02. The van der Waals surface area contributed by atoms with E-state index in [0.29, 0.717) is 10.6 Å². The zero-order valence-corrected chi connectivity index (χ0v) is 13.6. The Labute approximate surface area is 140 Å². The Morgan fingerprint density at radius 3 is 2.52 bits per heavy atom. The van der Waals surface area contributed by atoms with E-state index in [2.05, 4.69) is 27.6 Å². The Bertz CT molecular complexity index is 766. The standard InChI is InChI=1S/C16H9ClINO2/c17-13-4-2-1-3-12(13)15-19-14(16(20)21-15)9-10-5-7-11(18)8-6-10/h1-9H/b14-9+. The Kier molecular flexibility index (Phi) is 4.07. The molecule has 0 amide bonds. The molecule has 0 radical (unpaired) electrons. The van der Waals surface area contributed by atoms with Crippen molar-refractivity contribution >= 4 is 52.1 Å². The maximum absolute atomic E-state index is 11.9. The van der Waals surface area contributed by atoms with E-state index in [1.807, 2.05) is 36.4 Å². The zero-order chi connectivity index (χ0) is 14.8. The van der Waals surface area contributed by atoms with Crippen LogP contribution in [0.15, 0.2) is 59.2 Å². The second kappa shape index (κ2) is 5.99. The molecule has 0 aliphatic carbocycles. The van der Waals surface area contributed by atoms with Crippen LogP contribution in [0.25, 0.3) is 6.08 Å². The van der Waals surface area contributed by atoms with Crippen molar-refractivity contribution in [3.8, 4) is 0 Å². The molecule has 0 spiro atoms. The molecular weight excluding hydrogens is 401 g/mol. The first-order valence-electron chi connectivity index (χ1n) is 6.16. The lowest BCUT2D eigenvalue weighted by molar-refractivity contribution is -0.129. The van der Waals surface area contributed by atoms with Crippen LogP contribution in [0.5, 0.6) is 0 Å². The molecule has 21 heavy (non-hydrogen) atoms. The van der Waals surface area contributed by atoms with E-state index in [9.17, 15) is 4.79 Å². The van der Waals surface area contributed by atoms with Crippen molar-refractivity contribution in [3.05, 3.63) is 73.9 Å². The topological polar surface area (TPSA) is 38.7 Å². The summed E-state index contributed by atoms with van der Waals surface area (Å²) >= 11 is 8.31. The third kappa shape index (κ3) is 3.16. The van der Waals surface area contributed by atoms with Crippen LogP contribution in [0.1, 0.15) is 11.1 Å². The van der Waals surface area contributed by atoms with Crippen molar-refractivity contribution in [2.45, 2.75) is 0 Å². The number of nitrogens with zero attached hydrogens (tertiary/aromatic N) is 1. The van der Waals surface area contributed by atoms with Crippen molar-refractivity contribution in [1.82, 2.24) is 0 Å². The van der Waals surface area contributed by atoms with Crippen LogP contribution < -0.4 is 0 Å². The van der Waals surface area contributed by atoms with Crippen molar-refractivity contribution in [3.63, 3.8) is 0 Å². The van der Waals surface area contributed by atoms with Gasteiger partial charge in [0, 0.05) is 3.57 Å². The van der Waals surface area contributed by atoms with Gasteiger partial charge in [-0.3, -0.25) is 0 Å². The number of carbonyl (C=O) groups excluding carboxylic acids is 1. The minimum atomic E-state index is -0.469. The lowest BCUT2D eigenvalue weighted by Crippen LogP contribution is -2.05. The molecule has 3 nitrogen and oxygen atoms in total. The van der Waals surface area contributed by atoms with E-state index >= 15 is 0 Å². The normalized spacial score (nSPS) is 16.0. The average molecular weight is 410 g/mol. The van der Waals surface area contributed by atoms with Gasteiger partial charge in [0.05, 0.1) is 10.6 Å². The summed E-state index contributed by atoms with van der Waals surface area (Å²) in [5.74, 6) is -0.231. The highest BCUT2D eigenvalue weighted by Gasteiger charge is 2.25. The summed E-state index contributed by atoms with van der Waals surface area (Å²) in [6.07, 6.45) is 1.70. The number of esters is 1. The van der Waals surface area contributed by atoms with Crippen molar-refractivity contribution in [1.29, 1.82) is 0 Å². The van der Waals surface area contributed by atoms with Crippen molar-refractivity contribution < 1.29 is 9.53 Å². The summed E-state index contributed by atoms with van der Waals surface area (Å²) in [5.41, 5.74) is 1.77. The number of carbonyl (C=O) groups is 1. The Hall–Kier alpha value is -1.66. The smallest absolute Gasteiger partial charge is 0.363 e. The van der Waals surface area contributed by atoms with Gasteiger partial charge < -0.3 is 4.74 Å². The largest absolute Gasteiger partial charge is 0.402 e. The SMILES string of the molecule is O=C1OC(c2ccccc2Cl)=N/C1=C/c1ccc(I)cc1. The highest BCUT2D eigenvalue weighted by molar-refractivity contribution is 14.1. The lowest BCUT2D eigenvalue weighted by Gasteiger charge is -2.00. The first-order valence-corrected chi connectivity index (χ1v) is 7.62. The first kappa shape index (κ1) is 14.3. The second-order valence-electron chi connectivity index (χ2n) is 4.37. The van der Waals surface area contributed by atoms with Crippen LogP contribution in [0.2, 0.25) is 5.02 Å². The number of benzene rings is 2. The van der Waals surface area contributed by atoms with Gasteiger partial charge in [-0.05, 0) is 58.5 Å². The fourth-order valence-corrected chi connectivity index (χ4v) is 2.45. The highest BCUT2D eigenvalue weighted by atomic mass is 127. The van der Waals surface area contributed by atoms with Gasteiger partial charge in [-0.1, -0.05) is 35.9 Å². The van der Waals surface area contributed by atoms with E-state index in [0.717, 1.165) is 9.13 Å². The fourth-order valence-electron chi connectivity index (χ4n) is 1.88. The molecule has 0 atom stereocenters. The number of cyclic esters (lactones) is 1. The summed E-state index contributed by atoms with van der Waals surface area (Å²) in [5, 5.41) is 0.500. The van der Waals surface area contributed by atoms with Crippen molar-refractivity contribution in [2.24, 2.45) is 4.99 Å². The number of hydrogen-bond acceptors (Lipinski definition) is 3. The summed E-state index contributed by atoms with van der Waals surface area (Å²) in [6, 6.07) is 14.9. The third-order valence-electron chi connectivity index (χ3n) is 2.90. The van der Waals surface area contributed by atoms with E-state index in [4.69, 9.17) is 16.3 Å². The van der Waals surface area contributed by atoms with Gasteiger partial charge in [-0.2, -0.15) is 0 Å². The van der Waals surface area contributed by atoms with Crippen LogP contribution in [0.3, 0.4) is 0 Å². The minimum absolute atomic E-state index is 0.238. The fraction of sp³-hybridized carbons (Fsp3) is 0. The third-order valence-corrected chi connectivity index (χ3v) is 3.95. The summed E-state index contributed by atoms with van der Waals surface area (Å²) in [6.45, 7) is 0. The number of rotatable bonds is 2. The lowest BCUT2D eigenvalue weighted by atomic mass is 10.2. The molecular formula is C16H9ClINO2. The maximum Gasteiger partial charge on any atom is 0.363 e. The molecule has 5 heteroatoms. The maximum atomic E-state index is 11.9. The van der Waals surface area contributed by atoms with E-state index in [1.54, 1.807) is 18.2 Å². The summed E-state index contributed by atoms with van der Waals surface area (Å²) in [4.78, 5) is 16.1. The van der Waals surface area contributed by atoms with Gasteiger partial charge in [0.25, 0.3) is 0 Å². The monoisotopic (exact) mass is 409 g/mol. The first-order chi connectivity index (χ1) is 10.1. The molecule has 2 aromatic carbocycles. The van der Waals surface area contributed by atoms with E-state index < -0.39 is 5.97 Å². The van der Waals surface area contributed by atoms with Gasteiger partial charge >= 0.3 is 5.97 Å². The van der Waals surface area contributed by atoms with Crippen LogP contribution >= 0.6 is 34.2 Å². The van der Waals surface area contributed by atoms with Crippen LogP contribution in [0, 0.1) is 3.57 Å². The number of hydrogen-bond donors (Lipinski definition) is 0. The Morgan fingerprint density at radius 2 is 1.81 bits per heavy atom. The number of halogens is 2. The van der Waals surface area contributed by atoms with Crippen LogP contribution in [-0.4, -0.2) is 11.9 Å². The van der Waals surface area contributed by atoms with Gasteiger partial charge in [-0.15, -0.1) is 0 Å². The number of ether oxygens (including phenoxy) is 1. The number of aliphatic imine (C=N–C) groups is 1. The Balaban J connectivity index is 1.96. The van der Waals surface area contributed by atoms with Gasteiger partial charge in [0.2, 0.25) is 5.90 Å². The molecule has 0 aromatic heterocycles. The quantitative estimate of drug-likeness (QED) is 0.422. The van der Waals surface area contributed by atoms with Gasteiger partial charge in [0.15, 0.2) is 5.70 Å². The van der Waals surface area contributed by atoms with E-state index in [1.165, 1.54) is 0 Å². The molecule has 0 N–H and O–H groups in total. The highest BCUT2D eigenvalue weighted by Crippen LogP contribution is 2.23. The molecule has 1 aliphatic heterocycles. The molecule has 2 aromatic rings. The predicted molar refractivity (Wildman–Crippen MR) is 91.2 cm³/mol. The molecule has 1 heterocycles. The van der Waals surface area contributed by atoms with Crippen LogP contribution in [-0.2, 0) is 9.53 Å². The minimum Gasteiger partial charge on any atom is -0.402 e. The molecule has 0 bridgehead atoms. The van der Waals surface area contributed by atoms with Crippen LogP contribution in [0.4, 0.5) is 0 Å². The molecule has 0 saturated heterocycles. The summed E-state index contributed by atoms with van der Waals surface area (Å²) < 4.78 is 6.32. The molecule has 0 saturated carbocycles. The van der Waals surface area contributed by atoms with Gasteiger partial charge in [-0.25, -0.2) is 9.79 Å². The molecule has 0 fully saturated rings. The van der Waals surface area contributed by atoms with Gasteiger partial charge in [0.1, 0.15) is 0 Å². The van der Waals surface area contributed by atoms with Crippen molar-refractivity contribution in [2.75, 3.05) is 0 Å². The average Bonchev–Trinajstić information content (AvgIpc) is 2.83. The predicted octanol–water partition coefficient (Wildman–Crippen LogP) is 4.29. The molecule has 0 unspecified atom stereocenters.